The SMILES string of the molecule is CC(C)(C)OC(=O)N1C2CCC1CN(c1ccc(I)cc1)C2. The molecule has 2 aliphatic heterocycles. The number of amides is 1. The number of benzene rings is 1. The zero-order valence-electron chi connectivity index (χ0n) is 13.4. The number of piperazine rings is 1. The van der Waals surface area contributed by atoms with Gasteiger partial charge in [0.2, 0.25) is 0 Å². The number of fused-ring (bicyclic) bond motifs is 2. The Morgan fingerprint density at radius 2 is 1.68 bits per heavy atom. The van der Waals surface area contributed by atoms with Gasteiger partial charge < -0.3 is 9.64 Å². The van der Waals surface area contributed by atoms with Gasteiger partial charge in [-0.2, -0.15) is 0 Å². The summed E-state index contributed by atoms with van der Waals surface area (Å²) in [7, 11) is 0. The van der Waals surface area contributed by atoms with Gasteiger partial charge >= 0.3 is 6.09 Å². The van der Waals surface area contributed by atoms with Crippen molar-refractivity contribution in [3.8, 4) is 0 Å². The summed E-state index contributed by atoms with van der Waals surface area (Å²) in [5, 5.41) is 0. The number of halogens is 1. The molecule has 120 valence electrons. The van der Waals surface area contributed by atoms with E-state index in [-0.39, 0.29) is 18.2 Å². The zero-order valence-corrected chi connectivity index (χ0v) is 15.5. The van der Waals surface area contributed by atoms with Crippen molar-refractivity contribution >= 4 is 34.4 Å². The maximum atomic E-state index is 12.4. The first-order chi connectivity index (χ1) is 10.3. The second-order valence-electron chi connectivity index (χ2n) is 7.15. The highest BCUT2D eigenvalue weighted by Gasteiger charge is 2.44. The Morgan fingerprint density at radius 1 is 1.14 bits per heavy atom. The van der Waals surface area contributed by atoms with Crippen LogP contribution in [0.1, 0.15) is 33.6 Å². The molecule has 4 nitrogen and oxygen atoms in total. The fourth-order valence-electron chi connectivity index (χ4n) is 3.38. The van der Waals surface area contributed by atoms with Gasteiger partial charge in [0.05, 0.1) is 12.1 Å². The number of hydrogen-bond donors (Lipinski definition) is 0. The van der Waals surface area contributed by atoms with Gasteiger partial charge in [0.1, 0.15) is 5.60 Å². The van der Waals surface area contributed by atoms with Crippen molar-refractivity contribution in [3.63, 3.8) is 0 Å². The Balaban J connectivity index is 1.71. The topological polar surface area (TPSA) is 32.8 Å². The average Bonchev–Trinajstić information content (AvgIpc) is 2.69. The molecule has 2 unspecified atom stereocenters. The lowest BCUT2D eigenvalue weighted by molar-refractivity contribution is 0.0123. The lowest BCUT2D eigenvalue weighted by Gasteiger charge is -2.42. The Morgan fingerprint density at radius 3 is 2.18 bits per heavy atom. The summed E-state index contributed by atoms with van der Waals surface area (Å²) in [6, 6.07) is 9.16. The first kappa shape index (κ1) is 15.9. The van der Waals surface area contributed by atoms with Crippen LogP contribution in [0.25, 0.3) is 0 Å². The number of nitrogens with zero attached hydrogens (tertiary/aromatic N) is 2. The summed E-state index contributed by atoms with van der Waals surface area (Å²) < 4.78 is 6.83. The summed E-state index contributed by atoms with van der Waals surface area (Å²) in [6.45, 7) is 7.57. The predicted octanol–water partition coefficient (Wildman–Crippen LogP) is 3.88. The van der Waals surface area contributed by atoms with Crippen LogP contribution in [-0.4, -0.2) is 41.8 Å². The first-order valence-corrected chi connectivity index (χ1v) is 8.93. The molecule has 0 aromatic heterocycles. The van der Waals surface area contributed by atoms with Crippen molar-refractivity contribution in [2.45, 2.75) is 51.3 Å². The molecule has 2 heterocycles. The molecule has 0 saturated carbocycles. The monoisotopic (exact) mass is 414 g/mol. The number of carbonyl (C=O) groups excluding carboxylic acids is 1. The van der Waals surface area contributed by atoms with E-state index in [4.69, 9.17) is 4.74 Å². The van der Waals surface area contributed by atoms with E-state index >= 15 is 0 Å². The smallest absolute Gasteiger partial charge is 0.410 e. The van der Waals surface area contributed by atoms with E-state index in [9.17, 15) is 4.79 Å². The van der Waals surface area contributed by atoms with Gasteiger partial charge in [-0.3, -0.25) is 4.90 Å². The van der Waals surface area contributed by atoms with Crippen LogP contribution in [-0.2, 0) is 4.74 Å². The van der Waals surface area contributed by atoms with E-state index in [1.165, 1.54) is 9.26 Å². The minimum Gasteiger partial charge on any atom is -0.444 e. The van der Waals surface area contributed by atoms with E-state index in [0.717, 1.165) is 25.9 Å². The lowest BCUT2D eigenvalue weighted by atomic mass is 10.1. The highest BCUT2D eigenvalue weighted by molar-refractivity contribution is 14.1. The second kappa shape index (κ2) is 5.91. The lowest BCUT2D eigenvalue weighted by Crippen LogP contribution is -2.56. The molecule has 0 aliphatic carbocycles. The fraction of sp³-hybridized carbons (Fsp3) is 0.588. The van der Waals surface area contributed by atoms with Crippen LogP contribution in [0.3, 0.4) is 0 Å². The standard InChI is InChI=1S/C17H23IN2O2/c1-17(2,3)22-16(21)20-14-8-9-15(20)11-19(10-14)13-6-4-12(18)5-7-13/h4-7,14-15H,8-11H2,1-3H3. The van der Waals surface area contributed by atoms with E-state index in [1.54, 1.807) is 0 Å². The van der Waals surface area contributed by atoms with E-state index in [2.05, 4.69) is 51.8 Å². The Hall–Kier alpha value is -0.980. The third kappa shape index (κ3) is 3.34. The van der Waals surface area contributed by atoms with Gasteiger partial charge in [-0.15, -0.1) is 0 Å². The molecule has 2 bridgehead atoms. The van der Waals surface area contributed by atoms with E-state index in [1.807, 2.05) is 25.7 Å². The van der Waals surface area contributed by atoms with Crippen molar-refractivity contribution in [1.82, 2.24) is 4.90 Å². The molecule has 2 fully saturated rings. The third-order valence-electron chi connectivity index (χ3n) is 4.28. The highest BCUT2D eigenvalue weighted by atomic mass is 127. The van der Waals surface area contributed by atoms with E-state index in [0.29, 0.717) is 0 Å². The van der Waals surface area contributed by atoms with Gasteiger partial charge in [0.25, 0.3) is 0 Å². The van der Waals surface area contributed by atoms with Crippen molar-refractivity contribution in [2.24, 2.45) is 0 Å². The molecule has 3 rings (SSSR count). The number of anilines is 1. The van der Waals surface area contributed by atoms with Gasteiger partial charge in [-0.1, -0.05) is 0 Å². The quantitative estimate of drug-likeness (QED) is 0.654. The molecule has 1 aromatic carbocycles. The van der Waals surface area contributed by atoms with E-state index < -0.39 is 5.60 Å². The van der Waals surface area contributed by atoms with Crippen LogP contribution in [0.2, 0.25) is 0 Å². The van der Waals surface area contributed by atoms with Crippen LogP contribution in [0, 0.1) is 3.57 Å². The maximum absolute atomic E-state index is 12.4. The molecule has 1 amide bonds. The van der Waals surface area contributed by atoms with Crippen LogP contribution in [0.15, 0.2) is 24.3 Å². The summed E-state index contributed by atoms with van der Waals surface area (Å²) in [4.78, 5) is 16.8. The molecule has 2 aliphatic rings. The van der Waals surface area contributed by atoms with Crippen molar-refractivity contribution < 1.29 is 9.53 Å². The Bertz CT molecular complexity index is 539. The summed E-state index contributed by atoms with van der Waals surface area (Å²) >= 11 is 2.32. The maximum Gasteiger partial charge on any atom is 0.410 e. The molecule has 0 radical (unpaired) electrons. The second-order valence-corrected chi connectivity index (χ2v) is 8.40. The van der Waals surface area contributed by atoms with Crippen LogP contribution < -0.4 is 4.90 Å². The third-order valence-corrected chi connectivity index (χ3v) is 5.00. The molecule has 5 heteroatoms. The minimum absolute atomic E-state index is 0.151. The number of rotatable bonds is 1. The van der Waals surface area contributed by atoms with Crippen molar-refractivity contribution in [3.05, 3.63) is 27.8 Å². The van der Waals surface area contributed by atoms with Crippen LogP contribution in [0.5, 0.6) is 0 Å². The molecule has 2 saturated heterocycles. The Labute approximate surface area is 145 Å². The zero-order chi connectivity index (χ0) is 15.9. The molecular formula is C17H23IN2O2. The minimum atomic E-state index is -0.427. The summed E-state index contributed by atoms with van der Waals surface area (Å²) in [5.41, 5.74) is 0.824. The van der Waals surface area contributed by atoms with Crippen molar-refractivity contribution in [1.29, 1.82) is 0 Å². The Kier molecular flexibility index (Phi) is 4.27. The summed E-state index contributed by atoms with van der Waals surface area (Å²) in [5.74, 6) is 0. The van der Waals surface area contributed by atoms with Crippen LogP contribution in [0.4, 0.5) is 10.5 Å². The van der Waals surface area contributed by atoms with Gasteiger partial charge in [-0.25, -0.2) is 4.79 Å². The summed E-state index contributed by atoms with van der Waals surface area (Å²) in [6.07, 6.45) is 2.00. The predicted molar refractivity (Wildman–Crippen MR) is 96.3 cm³/mol. The number of hydrogen-bond acceptors (Lipinski definition) is 3. The normalized spacial score (nSPS) is 24.5. The van der Waals surface area contributed by atoms with Crippen molar-refractivity contribution in [2.75, 3.05) is 18.0 Å². The largest absolute Gasteiger partial charge is 0.444 e. The first-order valence-electron chi connectivity index (χ1n) is 7.85. The fourth-order valence-corrected chi connectivity index (χ4v) is 3.74. The molecule has 22 heavy (non-hydrogen) atoms. The van der Waals surface area contributed by atoms with Gasteiger partial charge in [0.15, 0.2) is 0 Å². The number of ether oxygens (including phenoxy) is 1. The molecular weight excluding hydrogens is 391 g/mol. The average molecular weight is 414 g/mol. The molecule has 0 spiro atoms. The molecule has 1 aromatic rings. The van der Waals surface area contributed by atoms with Gasteiger partial charge in [-0.05, 0) is 80.5 Å². The van der Waals surface area contributed by atoms with Gasteiger partial charge in [0, 0.05) is 22.3 Å². The number of carbonyl (C=O) groups is 1. The highest BCUT2D eigenvalue weighted by Crippen LogP contribution is 2.34. The molecule has 0 N–H and O–H groups in total. The molecule has 2 atom stereocenters. The van der Waals surface area contributed by atoms with Crippen LogP contribution >= 0.6 is 22.6 Å².